The second kappa shape index (κ2) is 7.71. The van der Waals surface area contributed by atoms with E-state index in [0.717, 1.165) is 37.4 Å². The highest BCUT2D eigenvalue weighted by Gasteiger charge is 2.21. The molecule has 0 bridgehead atoms. The number of carbonyl (C=O) groups excluding carboxylic acids is 1. The maximum atomic E-state index is 12.9. The molecule has 0 spiro atoms. The number of nitrogens with one attached hydrogen (secondary N) is 1. The number of ether oxygens (including phenoxy) is 2. The van der Waals surface area contributed by atoms with E-state index in [4.69, 9.17) is 14.5 Å². The number of aromatic nitrogens is 3. The zero-order valence-corrected chi connectivity index (χ0v) is 16.8. The van der Waals surface area contributed by atoms with Gasteiger partial charge in [0.25, 0.3) is 11.5 Å². The fourth-order valence-electron chi connectivity index (χ4n) is 3.58. The van der Waals surface area contributed by atoms with Gasteiger partial charge in [0.05, 0.1) is 18.4 Å². The van der Waals surface area contributed by atoms with Crippen LogP contribution >= 0.6 is 0 Å². The van der Waals surface area contributed by atoms with Crippen LogP contribution in [0.1, 0.15) is 40.5 Å². The predicted octanol–water partition coefficient (Wildman–Crippen LogP) is 2.50. The van der Waals surface area contributed by atoms with Gasteiger partial charge in [-0.2, -0.15) is 0 Å². The summed E-state index contributed by atoms with van der Waals surface area (Å²) in [6.45, 7) is 3.31. The van der Waals surface area contributed by atoms with Gasteiger partial charge in [0.1, 0.15) is 17.1 Å². The Bertz CT molecular complexity index is 1130. The Hall–Kier alpha value is -3.13. The van der Waals surface area contributed by atoms with Crippen LogP contribution in [0.15, 0.2) is 35.4 Å². The molecule has 29 heavy (non-hydrogen) atoms. The molecule has 4 heterocycles. The zero-order chi connectivity index (χ0) is 20.5. The number of methoxy groups -OCH3 is 1. The standard InChI is InChI=1S/C21H24N4O4/c1-13-4-5-16(21(27)24(13)2)23-20(26)15-11-25-12-17(14-6-8-29-9-7-14)22-19(25)10-18(15)28-3/h4-5,10-12,14H,6-9H2,1-3H3,(H,23,26). The molecule has 1 amide bonds. The molecule has 0 saturated carbocycles. The molecule has 0 aromatic carbocycles. The van der Waals surface area contributed by atoms with Crippen LogP contribution in [0, 0.1) is 6.92 Å². The van der Waals surface area contributed by atoms with Crippen LogP contribution in [-0.4, -0.2) is 40.2 Å². The van der Waals surface area contributed by atoms with Gasteiger partial charge in [-0.1, -0.05) is 0 Å². The van der Waals surface area contributed by atoms with Crippen LogP contribution in [0.4, 0.5) is 5.69 Å². The average Bonchev–Trinajstić information content (AvgIpc) is 3.17. The summed E-state index contributed by atoms with van der Waals surface area (Å²) < 4.78 is 14.2. The maximum Gasteiger partial charge on any atom is 0.274 e. The van der Waals surface area contributed by atoms with Gasteiger partial charge in [0.15, 0.2) is 0 Å². The lowest BCUT2D eigenvalue weighted by Crippen LogP contribution is -2.25. The lowest BCUT2D eigenvalue weighted by Gasteiger charge is -2.19. The van der Waals surface area contributed by atoms with Gasteiger partial charge in [0.2, 0.25) is 0 Å². The van der Waals surface area contributed by atoms with Gasteiger partial charge in [0, 0.05) is 50.3 Å². The van der Waals surface area contributed by atoms with Gasteiger partial charge in [-0.15, -0.1) is 0 Å². The molecule has 3 aromatic rings. The Morgan fingerprint density at radius 1 is 1.28 bits per heavy atom. The smallest absolute Gasteiger partial charge is 0.274 e. The van der Waals surface area contributed by atoms with E-state index in [9.17, 15) is 9.59 Å². The number of anilines is 1. The minimum absolute atomic E-state index is 0.221. The van der Waals surface area contributed by atoms with E-state index >= 15 is 0 Å². The van der Waals surface area contributed by atoms with Gasteiger partial charge >= 0.3 is 0 Å². The Morgan fingerprint density at radius 2 is 2.03 bits per heavy atom. The zero-order valence-electron chi connectivity index (χ0n) is 16.8. The van der Waals surface area contributed by atoms with Crippen LogP contribution in [0.5, 0.6) is 5.75 Å². The first-order valence-corrected chi connectivity index (χ1v) is 9.60. The van der Waals surface area contributed by atoms with E-state index in [1.807, 2.05) is 17.5 Å². The van der Waals surface area contributed by atoms with Crippen molar-refractivity contribution >= 4 is 17.2 Å². The number of pyridine rings is 2. The molecule has 1 aliphatic rings. The average molecular weight is 396 g/mol. The summed E-state index contributed by atoms with van der Waals surface area (Å²) in [5, 5.41) is 2.70. The molecule has 0 atom stereocenters. The monoisotopic (exact) mass is 396 g/mol. The lowest BCUT2D eigenvalue weighted by atomic mass is 9.97. The van der Waals surface area contributed by atoms with Crippen molar-refractivity contribution in [3.63, 3.8) is 0 Å². The molecular weight excluding hydrogens is 372 g/mol. The van der Waals surface area contributed by atoms with Crippen molar-refractivity contribution in [2.75, 3.05) is 25.6 Å². The van der Waals surface area contributed by atoms with Crippen molar-refractivity contribution in [2.45, 2.75) is 25.7 Å². The summed E-state index contributed by atoms with van der Waals surface area (Å²) in [5.74, 6) is 0.344. The summed E-state index contributed by atoms with van der Waals surface area (Å²) >= 11 is 0. The minimum atomic E-state index is -0.411. The Morgan fingerprint density at radius 3 is 2.76 bits per heavy atom. The van der Waals surface area contributed by atoms with E-state index in [0.29, 0.717) is 22.9 Å². The van der Waals surface area contributed by atoms with Crippen molar-refractivity contribution in [3.05, 3.63) is 57.9 Å². The fraction of sp³-hybridized carbons (Fsp3) is 0.381. The van der Waals surface area contributed by atoms with Crippen LogP contribution < -0.4 is 15.6 Å². The maximum absolute atomic E-state index is 12.9. The Balaban J connectivity index is 1.67. The highest BCUT2D eigenvalue weighted by atomic mass is 16.5. The van der Waals surface area contributed by atoms with E-state index in [-0.39, 0.29) is 11.2 Å². The van der Waals surface area contributed by atoms with Crippen molar-refractivity contribution < 1.29 is 14.3 Å². The van der Waals surface area contributed by atoms with Crippen LogP contribution in [-0.2, 0) is 11.8 Å². The van der Waals surface area contributed by atoms with E-state index < -0.39 is 5.91 Å². The SMILES string of the molecule is COc1cc2nc(C3CCOCC3)cn2cc1C(=O)Nc1ccc(C)n(C)c1=O. The first kappa shape index (κ1) is 19.2. The highest BCUT2D eigenvalue weighted by Crippen LogP contribution is 2.28. The molecular formula is C21H24N4O4. The highest BCUT2D eigenvalue weighted by molar-refractivity contribution is 6.06. The van der Waals surface area contributed by atoms with E-state index in [1.165, 1.54) is 11.7 Å². The topological polar surface area (TPSA) is 86.9 Å². The summed E-state index contributed by atoms with van der Waals surface area (Å²) in [5.41, 5.74) is 2.80. The van der Waals surface area contributed by atoms with Gasteiger partial charge in [-0.25, -0.2) is 4.98 Å². The molecule has 0 radical (unpaired) electrons. The number of amides is 1. The summed E-state index contributed by atoms with van der Waals surface area (Å²) in [4.78, 5) is 30.0. The van der Waals surface area contributed by atoms with Gasteiger partial charge < -0.3 is 23.8 Å². The van der Waals surface area contributed by atoms with Gasteiger partial charge in [-0.05, 0) is 31.9 Å². The molecule has 0 aliphatic carbocycles. The fourth-order valence-corrected chi connectivity index (χ4v) is 3.58. The van der Waals surface area contributed by atoms with Crippen molar-refractivity contribution in [2.24, 2.45) is 7.05 Å². The molecule has 8 heteroatoms. The molecule has 1 fully saturated rings. The molecule has 1 aliphatic heterocycles. The number of nitrogens with zero attached hydrogens (tertiary/aromatic N) is 3. The first-order valence-electron chi connectivity index (χ1n) is 9.60. The number of fused-ring (bicyclic) bond motifs is 1. The second-order valence-corrected chi connectivity index (χ2v) is 7.28. The number of rotatable bonds is 4. The number of hydrogen-bond acceptors (Lipinski definition) is 5. The Labute approximate surface area is 168 Å². The number of hydrogen-bond donors (Lipinski definition) is 1. The van der Waals surface area contributed by atoms with Crippen LogP contribution in [0.25, 0.3) is 5.65 Å². The van der Waals surface area contributed by atoms with Crippen molar-refractivity contribution in [3.8, 4) is 5.75 Å². The van der Waals surface area contributed by atoms with Crippen molar-refractivity contribution in [1.29, 1.82) is 0 Å². The quantitative estimate of drug-likeness (QED) is 0.732. The van der Waals surface area contributed by atoms with Crippen LogP contribution in [0.3, 0.4) is 0 Å². The molecule has 152 valence electrons. The molecule has 8 nitrogen and oxygen atoms in total. The molecule has 0 unspecified atom stereocenters. The first-order chi connectivity index (χ1) is 14.0. The third-order valence-electron chi connectivity index (χ3n) is 5.48. The predicted molar refractivity (Wildman–Crippen MR) is 109 cm³/mol. The van der Waals surface area contributed by atoms with Gasteiger partial charge in [-0.3, -0.25) is 9.59 Å². The number of aryl methyl sites for hydroxylation is 1. The van der Waals surface area contributed by atoms with Crippen LogP contribution in [0.2, 0.25) is 0 Å². The lowest BCUT2D eigenvalue weighted by molar-refractivity contribution is 0.0846. The van der Waals surface area contributed by atoms with E-state index in [2.05, 4.69) is 5.32 Å². The Kier molecular flexibility index (Phi) is 5.10. The third kappa shape index (κ3) is 3.63. The molecule has 4 rings (SSSR count). The molecule has 1 saturated heterocycles. The second-order valence-electron chi connectivity index (χ2n) is 7.28. The number of carbonyl (C=O) groups is 1. The van der Waals surface area contributed by atoms with E-state index in [1.54, 1.807) is 31.4 Å². The third-order valence-corrected chi connectivity index (χ3v) is 5.48. The van der Waals surface area contributed by atoms with Crippen molar-refractivity contribution in [1.82, 2.24) is 14.0 Å². The number of imidazole rings is 1. The molecule has 1 N–H and O–H groups in total. The summed E-state index contributed by atoms with van der Waals surface area (Å²) in [6, 6.07) is 5.14. The largest absolute Gasteiger partial charge is 0.496 e. The minimum Gasteiger partial charge on any atom is -0.496 e. The normalized spacial score (nSPS) is 14.9. The molecule has 3 aromatic heterocycles. The summed E-state index contributed by atoms with van der Waals surface area (Å²) in [6.07, 6.45) is 5.51. The summed E-state index contributed by atoms with van der Waals surface area (Å²) in [7, 11) is 3.18.